The topological polar surface area (TPSA) is 53.0 Å². The van der Waals surface area contributed by atoms with Crippen LogP contribution in [0.1, 0.15) is 26.7 Å². The minimum absolute atomic E-state index is 0.135. The second-order valence-corrected chi connectivity index (χ2v) is 5.64. The summed E-state index contributed by atoms with van der Waals surface area (Å²) in [5, 5.41) is 10.1. The summed E-state index contributed by atoms with van der Waals surface area (Å²) in [7, 11) is 0. The molecule has 0 spiro atoms. The van der Waals surface area contributed by atoms with E-state index in [1.54, 1.807) is 0 Å². The Balaban J connectivity index is 1.73. The normalized spacial score (nSPS) is 27.9. The highest BCUT2D eigenvalue weighted by molar-refractivity contribution is 5.78. The van der Waals surface area contributed by atoms with E-state index in [9.17, 15) is 9.90 Å². The van der Waals surface area contributed by atoms with Gasteiger partial charge in [0, 0.05) is 26.2 Å². The first kappa shape index (κ1) is 13.8. The van der Waals surface area contributed by atoms with Crippen molar-refractivity contribution in [2.24, 2.45) is 0 Å². The third-order valence-electron chi connectivity index (χ3n) is 3.70. The number of carbonyl (C=O) groups is 1. The smallest absolute Gasteiger partial charge is 0.236 e. The van der Waals surface area contributed by atoms with E-state index in [0.717, 1.165) is 12.8 Å². The second-order valence-electron chi connectivity index (χ2n) is 5.64. The van der Waals surface area contributed by atoms with Crippen molar-refractivity contribution in [3.05, 3.63) is 0 Å². The Morgan fingerprint density at radius 1 is 1.50 bits per heavy atom. The molecule has 0 aliphatic carbocycles. The van der Waals surface area contributed by atoms with Crippen LogP contribution >= 0.6 is 0 Å². The Morgan fingerprint density at radius 3 is 2.83 bits per heavy atom. The number of β-amino-alcohol motifs (C(OH)–C–C–N with tert-alkyl or cyclic N) is 1. The summed E-state index contributed by atoms with van der Waals surface area (Å²) < 4.78 is 5.42. The summed E-state index contributed by atoms with van der Waals surface area (Å²) in [5.74, 6) is 0.156. The summed E-state index contributed by atoms with van der Waals surface area (Å²) in [6, 6.07) is 0. The van der Waals surface area contributed by atoms with Crippen LogP contribution in [0.15, 0.2) is 0 Å². The monoisotopic (exact) mass is 256 g/mol. The molecule has 1 amide bonds. The molecule has 0 radical (unpaired) electrons. The molecule has 2 aliphatic rings. The molecule has 1 atom stereocenters. The van der Waals surface area contributed by atoms with E-state index in [0.29, 0.717) is 39.3 Å². The van der Waals surface area contributed by atoms with Gasteiger partial charge in [-0.25, -0.2) is 0 Å². The van der Waals surface area contributed by atoms with Crippen molar-refractivity contribution >= 4 is 5.91 Å². The average Bonchev–Trinajstić information content (AvgIpc) is 2.27. The van der Waals surface area contributed by atoms with Gasteiger partial charge in [0.15, 0.2) is 0 Å². The molecule has 1 unspecified atom stereocenters. The van der Waals surface area contributed by atoms with Gasteiger partial charge >= 0.3 is 0 Å². The minimum atomic E-state index is -0.548. The molecule has 0 saturated carbocycles. The summed E-state index contributed by atoms with van der Waals surface area (Å²) in [4.78, 5) is 16.0. The zero-order chi connectivity index (χ0) is 13.2. The van der Waals surface area contributed by atoms with Gasteiger partial charge in [0.2, 0.25) is 5.91 Å². The predicted octanol–water partition coefficient (Wildman–Crippen LogP) is 0.0805. The molecule has 5 heteroatoms. The Kier molecular flexibility index (Phi) is 4.25. The van der Waals surface area contributed by atoms with Gasteiger partial charge in [-0.1, -0.05) is 13.3 Å². The molecule has 2 aliphatic heterocycles. The zero-order valence-corrected chi connectivity index (χ0v) is 11.4. The van der Waals surface area contributed by atoms with Gasteiger partial charge < -0.3 is 14.7 Å². The van der Waals surface area contributed by atoms with Gasteiger partial charge in [-0.2, -0.15) is 0 Å². The summed E-state index contributed by atoms with van der Waals surface area (Å²) in [6.07, 6.45) is 1.95. The number of amides is 1. The Bertz CT molecular complexity index is 303. The van der Waals surface area contributed by atoms with Gasteiger partial charge in [0.05, 0.1) is 24.9 Å². The number of ether oxygens (including phenoxy) is 1. The maximum Gasteiger partial charge on any atom is 0.236 e. The number of hydrogen-bond donors (Lipinski definition) is 1. The van der Waals surface area contributed by atoms with Gasteiger partial charge in [0.1, 0.15) is 0 Å². The second kappa shape index (κ2) is 5.55. The van der Waals surface area contributed by atoms with Crippen molar-refractivity contribution in [1.29, 1.82) is 0 Å². The number of aliphatic hydroxyl groups is 1. The molecule has 104 valence electrons. The number of morpholine rings is 1. The van der Waals surface area contributed by atoms with Crippen LogP contribution in [0.4, 0.5) is 0 Å². The number of carbonyl (C=O) groups excluding carboxylic acids is 1. The van der Waals surface area contributed by atoms with Crippen molar-refractivity contribution in [3.8, 4) is 0 Å². The third kappa shape index (κ3) is 3.22. The Hall–Kier alpha value is -0.650. The number of nitrogens with zero attached hydrogens (tertiary/aromatic N) is 2. The van der Waals surface area contributed by atoms with Gasteiger partial charge in [-0.3, -0.25) is 9.69 Å². The fourth-order valence-corrected chi connectivity index (χ4v) is 2.86. The first-order valence-corrected chi connectivity index (χ1v) is 6.86. The van der Waals surface area contributed by atoms with Crippen LogP contribution in [0.2, 0.25) is 0 Å². The van der Waals surface area contributed by atoms with Crippen LogP contribution in [-0.4, -0.2) is 71.8 Å². The standard InChI is InChI=1S/C13H24N2O3/c1-3-4-13(17)9-14(10-13)8-12(16)15-5-6-18-11(2)7-15/h11,17H,3-10H2,1-2H3. The van der Waals surface area contributed by atoms with Crippen molar-refractivity contribution in [3.63, 3.8) is 0 Å². The molecular weight excluding hydrogens is 232 g/mol. The van der Waals surface area contributed by atoms with Gasteiger partial charge in [0.25, 0.3) is 0 Å². The lowest BCUT2D eigenvalue weighted by Crippen LogP contribution is -2.63. The molecule has 0 bridgehead atoms. The lowest BCUT2D eigenvalue weighted by molar-refractivity contribution is -0.148. The number of rotatable bonds is 4. The van der Waals surface area contributed by atoms with Crippen LogP contribution in [0.25, 0.3) is 0 Å². The molecule has 2 heterocycles. The van der Waals surface area contributed by atoms with E-state index in [1.165, 1.54) is 0 Å². The number of likely N-dealkylation sites (tertiary alicyclic amines) is 1. The SMILES string of the molecule is CCCC1(O)CN(CC(=O)N2CCOC(C)C2)C1. The fraction of sp³-hybridized carbons (Fsp3) is 0.923. The highest BCUT2D eigenvalue weighted by Gasteiger charge is 2.41. The third-order valence-corrected chi connectivity index (χ3v) is 3.70. The van der Waals surface area contributed by atoms with E-state index in [1.807, 2.05) is 16.7 Å². The highest BCUT2D eigenvalue weighted by atomic mass is 16.5. The van der Waals surface area contributed by atoms with Crippen LogP contribution in [-0.2, 0) is 9.53 Å². The minimum Gasteiger partial charge on any atom is -0.387 e. The Morgan fingerprint density at radius 2 is 2.22 bits per heavy atom. The molecule has 0 aromatic carbocycles. The molecular formula is C13H24N2O3. The molecule has 2 saturated heterocycles. The lowest BCUT2D eigenvalue weighted by atomic mass is 9.89. The van der Waals surface area contributed by atoms with Crippen molar-refractivity contribution < 1.29 is 14.6 Å². The van der Waals surface area contributed by atoms with E-state index >= 15 is 0 Å². The largest absolute Gasteiger partial charge is 0.387 e. The zero-order valence-electron chi connectivity index (χ0n) is 11.4. The van der Waals surface area contributed by atoms with E-state index in [-0.39, 0.29) is 12.0 Å². The summed E-state index contributed by atoms with van der Waals surface area (Å²) >= 11 is 0. The molecule has 2 fully saturated rings. The molecule has 0 aromatic heterocycles. The molecule has 5 nitrogen and oxygen atoms in total. The maximum absolute atomic E-state index is 12.1. The van der Waals surface area contributed by atoms with Crippen LogP contribution in [0.3, 0.4) is 0 Å². The van der Waals surface area contributed by atoms with Crippen molar-refractivity contribution in [1.82, 2.24) is 9.80 Å². The van der Waals surface area contributed by atoms with Gasteiger partial charge in [-0.05, 0) is 13.3 Å². The average molecular weight is 256 g/mol. The lowest BCUT2D eigenvalue weighted by Gasteiger charge is -2.47. The first-order chi connectivity index (χ1) is 8.52. The summed E-state index contributed by atoms with van der Waals surface area (Å²) in [5.41, 5.74) is -0.548. The van der Waals surface area contributed by atoms with E-state index < -0.39 is 5.60 Å². The number of hydrogen-bond acceptors (Lipinski definition) is 4. The van der Waals surface area contributed by atoms with Crippen LogP contribution in [0.5, 0.6) is 0 Å². The predicted molar refractivity (Wildman–Crippen MR) is 68.3 cm³/mol. The van der Waals surface area contributed by atoms with Crippen LogP contribution in [0, 0.1) is 0 Å². The molecule has 0 aromatic rings. The van der Waals surface area contributed by atoms with Crippen molar-refractivity contribution in [2.45, 2.75) is 38.4 Å². The van der Waals surface area contributed by atoms with E-state index in [4.69, 9.17) is 4.74 Å². The first-order valence-electron chi connectivity index (χ1n) is 6.86. The highest BCUT2D eigenvalue weighted by Crippen LogP contribution is 2.25. The van der Waals surface area contributed by atoms with Crippen LogP contribution < -0.4 is 0 Å². The molecule has 1 N–H and O–H groups in total. The van der Waals surface area contributed by atoms with Gasteiger partial charge in [-0.15, -0.1) is 0 Å². The summed E-state index contributed by atoms with van der Waals surface area (Å²) in [6.45, 7) is 7.76. The fourth-order valence-electron chi connectivity index (χ4n) is 2.86. The molecule has 2 rings (SSSR count). The Labute approximate surface area is 109 Å². The van der Waals surface area contributed by atoms with Crippen molar-refractivity contribution in [2.75, 3.05) is 39.3 Å². The van der Waals surface area contributed by atoms with E-state index in [2.05, 4.69) is 6.92 Å². The maximum atomic E-state index is 12.1. The molecule has 18 heavy (non-hydrogen) atoms. The quantitative estimate of drug-likeness (QED) is 0.774.